The van der Waals surface area contributed by atoms with Gasteiger partial charge in [0, 0.05) is 44.0 Å². The Morgan fingerprint density at radius 2 is 1.79 bits per heavy atom. The summed E-state index contributed by atoms with van der Waals surface area (Å²) in [5, 5.41) is 12.1. The highest BCUT2D eigenvalue weighted by Gasteiger charge is 2.41. The molecule has 3 amide bonds. The van der Waals surface area contributed by atoms with Crippen LogP contribution in [-0.4, -0.2) is 72.5 Å². The van der Waals surface area contributed by atoms with Gasteiger partial charge >= 0.3 is 12.1 Å². The number of hydrogen-bond acceptors (Lipinski definition) is 7. The highest BCUT2D eigenvalue weighted by atomic mass is 19.1. The molecular weight excluding hydrogens is 454 g/mol. The van der Waals surface area contributed by atoms with Gasteiger partial charge in [-0.25, -0.2) is 23.4 Å². The number of halogens is 2. The predicted molar refractivity (Wildman–Crippen MR) is 118 cm³/mol. The molecule has 11 nitrogen and oxygen atoms in total. The van der Waals surface area contributed by atoms with Crippen molar-refractivity contribution in [1.29, 1.82) is 0 Å². The third-order valence-electron chi connectivity index (χ3n) is 5.98. The first-order chi connectivity index (χ1) is 16.3. The van der Waals surface area contributed by atoms with Gasteiger partial charge in [0.05, 0.1) is 20.8 Å². The molecule has 34 heavy (non-hydrogen) atoms. The molecule has 0 unspecified atom stereocenters. The van der Waals surface area contributed by atoms with Crippen LogP contribution in [0.1, 0.15) is 18.4 Å². The Labute approximate surface area is 193 Å². The van der Waals surface area contributed by atoms with E-state index in [-0.39, 0.29) is 37.1 Å². The lowest BCUT2D eigenvalue weighted by Crippen LogP contribution is -2.56. The van der Waals surface area contributed by atoms with Gasteiger partial charge in [0.2, 0.25) is 5.95 Å². The second-order valence-electron chi connectivity index (χ2n) is 7.79. The number of nitrogens with zero attached hydrogens (tertiary/aromatic N) is 5. The van der Waals surface area contributed by atoms with Crippen molar-refractivity contribution in [3.8, 4) is 11.5 Å². The Morgan fingerprint density at radius 3 is 2.32 bits per heavy atom. The Kier molecular flexibility index (Phi) is 6.26. The molecule has 4 rings (SSSR count). The summed E-state index contributed by atoms with van der Waals surface area (Å²) >= 11 is 0. The van der Waals surface area contributed by atoms with Gasteiger partial charge in [-0.15, -0.1) is 0 Å². The average Bonchev–Trinajstić information content (AvgIpc) is 2.84. The summed E-state index contributed by atoms with van der Waals surface area (Å²) in [7, 11) is 4.08. The minimum Gasteiger partial charge on any atom is -0.493 e. The van der Waals surface area contributed by atoms with E-state index >= 15 is 8.78 Å². The molecule has 1 fully saturated rings. The van der Waals surface area contributed by atoms with Crippen LogP contribution in [-0.2, 0) is 6.54 Å². The Bertz CT molecular complexity index is 1100. The predicted octanol–water partition coefficient (Wildman–Crippen LogP) is 2.90. The number of carbonyl (C=O) groups excluding carboxylic acids is 1. The minimum absolute atomic E-state index is 0.188. The number of carboxylic acid groups (broad SMARTS) is 1. The maximum Gasteiger partial charge on any atom is 0.407 e. The molecule has 3 heterocycles. The summed E-state index contributed by atoms with van der Waals surface area (Å²) in [6, 6.07) is -0.0730. The molecule has 0 saturated carbocycles. The van der Waals surface area contributed by atoms with Crippen LogP contribution in [0.5, 0.6) is 11.5 Å². The molecule has 2 aromatic rings. The maximum atomic E-state index is 15.3. The number of amides is 3. The van der Waals surface area contributed by atoms with Gasteiger partial charge in [-0.3, -0.25) is 9.80 Å². The first kappa shape index (κ1) is 23.3. The third kappa shape index (κ3) is 3.86. The first-order valence-electron chi connectivity index (χ1n) is 10.5. The van der Waals surface area contributed by atoms with Crippen molar-refractivity contribution in [3.63, 3.8) is 0 Å². The summed E-state index contributed by atoms with van der Waals surface area (Å²) in [5.41, 5.74) is -0.141. The molecule has 1 aromatic carbocycles. The standard InChI is InChI=1S/C21H24F2N6O5/c1-24-19-25-9-11-10-28(17-15(22)13(33-2)8-14(34-3)16(17)23)20(30)29(18(11)26-19)12-4-6-27(7-5-12)21(31)32/h8-9,12H,4-7,10H2,1-3H3,(H,31,32)(H,24,25,26). The highest BCUT2D eigenvalue weighted by molar-refractivity contribution is 6.06. The second-order valence-corrected chi connectivity index (χ2v) is 7.79. The molecule has 2 aliphatic heterocycles. The van der Waals surface area contributed by atoms with Crippen molar-refractivity contribution in [1.82, 2.24) is 14.9 Å². The van der Waals surface area contributed by atoms with Gasteiger partial charge in [-0.1, -0.05) is 0 Å². The number of rotatable bonds is 5. The van der Waals surface area contributed by atoms with Crippen LogP contribution >= 0.6 is 0 Å². The number of likely N-dealkylation sites (tertiary alicyclic amines) is 1. The second kappa shape index (κ2) is 9.15. The fraction of sp³-hybridized carbons (Fsp3) is 0.429. The molecular formula is C21H24F2N6O5. The number of nitrogens with one attached hydrogen (secondary N) is 1. The summed E-state index contributed by atoms with van der Waals surface area (Å²) in [6.45, 7) is 0.227. The lowest BCUT2D eigenvalue weighted by molar-refractivity contribution is 0.132. The zero-order valence-corrected chi connectivity index (χ0v) is 18.8. The number of fused-ring (bicyclic) bond motifs is 1. The molecule has 2 N–H and O–H groups in total. The number of piperidine rings is 1. The van der Waals surface area contributed by atoms with Crippen molar-refractivity contribution >= 4 is 29.6 Å². The quantitative estimate of drug-likeness (QED) is 0.673. The minimum atomic E-state index is -1.05. The van der Waals surface area contributed by atoms with Crippen molar-refractivity contribution < 1.29 is 33.0 Å². The molecule has 0 spiro atoms. The van der Waals surface area contributed by atoms with Gasteiger partial charge in [0.15, 0.2) is 23.1 Å². The van der Waals surface area contributed by atoms with E-state index in [9.17, 15) is 14.7 Å². The van der Waals surface area contributed by atoms with Crippen LogP contribution in [0.15, 0.2) is 12.3 Å². The van der Waals surface area contributed by atoms with E-state index in [1.165, 1.54) is 30.2 Å². The molecule has 0 radical (unpaired) electrons. The zero-order chi connectivity index (χ0) is 24.6. The summed E-state index contributed by atoms with van der Waals surface area (Å²) in [6.07, 6.45) is 1.10. The number of urea groups is 1. The number of aromatic nitrogens is 2. The van der Waals surface area contributed by atoms with Crippen LogP contribution in [0.25, 0.3) is 0 Å². The van der Waals surface area contributed by atoms with E-state index < -0.39 is 35.5 Å². The number of ether oxygens (including phenoxy) is 2. The Hall–Kier alpha value is -3.90. The molecule has 13 heteroatoms. The van der Waals surface area contributed by atoms with E-state index in [1.54, 1.807) is 7.05 Å². The zero-order valence-electron chi connectivity index (χ0n) is 18.8. The van der Waals surface area contributed by atoms with E-state index in [0.717, 1.165) is 11.0 Å². The van der Waals surface area contributed by atoms with Gasteiger partial charge in [0.25, 0.3) is 0 Å². The van der Waals surface area contributed by atoms with E-state index in [0.29, 0.717) is 24.2 Å². The average molecular weight is 478 g/mol. The van der Waals surface area contributed by atoms with Gasteiger partial charge in [-0.05, 0) is 12.8 Å². The number of benzene rings is 1. The topological polar surface area (TPSA) is 120 Å². The van der Waals surface area contributed by atoms with Crippen LogP contribution in [0.3, 0.4) is 0 Å². The Balaban J connectivity index is 1.81. The van der Waals surface area contributed by atoms with Gasteiger partial charge in [0.1, 0.15) is 11.5 Å². The van der Waals surface area contributed by atoms with Crippen LogP contribution in [0, 0.1) is 11.6 Å². The lowest BCUT2D eigenvalue weighted by atomic mass is 10.0. The van der Waals surface area contributed by atoms with Crippen molar-refractivity contribution in [2.24, 2.45) is 0 Å². The number of hydrogen-bond donors (Lipinski definition) is 2. The summed E-state index contributed by atoms with van der Waals surface area (Å²) in [4.78, 5) is 37.2. The van der Waals surface area contributed by atoms with Crippen molar-refractivity contribution in [2.75, 3.05) is 49.5 Å². The fourth-order valence-electron chi connectivity index (χ4n) is 4.23. The first-order valence-corrected chi connectivity index (χ1v) is 10.5. The largest absolute Gasteiger partial charge is 0.493 e. The molecule has 1 saturated heterocycles. The summed E-state index contributed by atoms with van der Waals surface area (Å²) < 4.78 is 40.6. The van der Waals surface area contributed by atoms with E-state index in [4.69, 9.17) is 9.47 Å². The molecule has 2 aliphatic rings. The number of anilines is 3. The molecule has 182 valence electrons. The normalized spacial score (nSPS) is 16.4. The number of methoxy groups -OCH3 is 2. The SMILES string of the molecule is CNc1ncc2c(n1)N(C1CCN(C(=O)O)CC1)C(=O)N(c1c(F)c(OC)cc(OC)c1F)C2. The number of carbonyl (C=O) groups is 2. The van der Waals surface area contributed by atoms with Gasteiger partial charge in [-0.2, -0.15) is 4.98 Å². The third-order valence-corrected chi connectivity index (χ3v) is 5.98. The smallest absolute Gasteiger partial charge is 0.407 e. The molecule has 0 atom stereocenters. The van der Waals surface area contributed by atoms with Crippen LogP contribution in [0.2, 0.25) is 0 Å². The Morgan fingerprint density at radius 1 is 1.18 bits per heavy atom. The summed E-state index contributed by atoms with van der Waals surface area (Å²) in [5.74, 6) is -2.08. The highest BCUT2D eigenvalue weighted by Crippen LogP contribution is 2.41. The lowest BCUT2D eigenvalue weighted by Gasteiger charge is -2.42. The van der Waals surface area contributed by atoms with Crippen LogP contribution < -0.4 is 24.6 Å². The monoisotopic (exact) mass is 478 g/mol. The fourth-order valence-corrected chi connectivity index (χ4v) is 4.23. The van der Waals surface area contributed by atoms with Crippen LogP contribution in [0.4, 0.5) is 35.8 Å². The van der Waals surface area contributed by atoms with E-state index in [1.807, 2.05) is 0 Å². The molecule has 1 aromatic heterocycles. The molecule has 0 bridgehead atoms. The maximum absolute atomic E-state index is 15.3. The van der Waals surface area contributed by atoms with Crippen molar-refractivity contribution in [3.05, 3.63) is 29.5 Å². The molecule has 0 aliphatic carbocycles. The van der Waals surface area contributed by atoms with Crippen molar-refractivity contribution in [2.45, 2.75) is 25.4 Å². The van der Waals surface area contributed by atoms with E-state index in [2.05, 4.69) is 15.3 Å². The van der Waals surface area contributed by atoms with Gasteiger partial charge < -0.3 is 24.8 Å².